The molecule has 17 heavy (non-hydrogen) atoms. The van der Waals surface area contributed by atoms with E-state index in [9.17, 15) is 9.18 Å². The number of aromatic amines is 2. The first-order valence-corrected chi connectivity index (χ1v) is 5.08. The summed E-state index contributed by atoms with van der Waals surface area (Å²) in [5.74, 6) is 0.119. The predicted octanol–water partition coefficient (Wildman–Crippen LogP) is 2.06. The number of benzene rings is 2. The fourth-order valence-electron chi connectivity index (χ4n) is 1.87. The van der Waals surface area contributed by atoms with E-state index in [2.05, 4.69) is 15.2 Å². The van der Waals surface area contributed by atoms with E-state index in [4.69, 9.17) is 0 Å². The Bertz CT molecular complexity index is 745. The van der Waals surface area contributed by atoms with Crippen molar-refractivity contribution >= 4 is 10.8 Å². The normalized spacial score (nSPS) is 10.9. The third kappa shape index (κ3) is 1.52. The molecule has 84 valence electrons. The molecule has 0 aliphatic carbocycles. The highest BCUT2D eigenvalue weighted by Crippen LogP contribution is 2.27. The van der Waals surface area contributed by atoms with E-state index in [0.29, 0.717) is 16.8 Å². The molecule has 0 saturated carbocycles. The smallest absolute Gasteiger partial charge is 0.289 e. The van der Waals surface area contributed by atoms with Gasteiger partial charge in [-0.25, -0.2) is 14.3 Å². The molecular formula is C12H8FN3O. The molecule has 0 bridgehead atoms. The maximum atomic E-state index is 13.6. The Morgan fingerprint density at radius 1 is 1.06 bits per heavy atom. The van der Waals surface area contributed by atoms with Crippen LogP contribution < -0.4 is 5.69 Å². The molecule has 0 radical (unpaired) electrons. The summed E-state index contributed by atoms with van der Waals surface area (Å²) < 4.78 is 13.6. The quantitative estimate of drug-likeness (QED) is 0.670. The van der Waals surface area contributed by atoms with Crippen molar-refractivity contribution in [3.63, 3.8) is 0 Å². The van der Waals surface area contributed by atoms with Crippen LogP contribution in [0.2, 0.25) is 0 Å². The molecule has 0 unspecified atom stereocenters. The fourth-order valence-corrected chi connectivity index (χ4v) is 1.87. The molecule has 3 aromatic rings. The van der Waals surface area contributed by atoms with Crippen LogP contribution in [0.25, 0.3) is 22.2 Å². The molecule has 0 amide bonds. The summed E-state index contributed by atoms with van der Waals surface area (Å²) in [5.41, 5.74) is 0.314. The molecule has 2 N–H and O–H groups in total. The number of rotatable bonds is 1. The highest BCUT2D eigenvalue weighted by atomic mass is 19.1. The summed E-state index contributed by atoms with van der Waals surface area (Å²) in [6.45, 7) is 0. The molecule has 3 rings (SSSR count). The SMILES string of the molecule is O=c1[nH]nc(-c2ccc(F)c3ccccc23)[nH]1. The van der Waals surface area contributed by atoms with E-state index in [1.54, 1.807) is 24.3 Å². The topological polar surface area (TPSA) is 61.5 Å². The second-order valence-corrected chi connectivity index (χ2v) is 3.67. The molecule has 0 spiro atoms. The number of aromatic nitrogens is 3. The third-order valence-electron chi connectivity index (χ3n) is 2.63. The fraction of sp³-hybridized carbons (Fsp3) is 0. The van der Waals surface area contributed by atoms with Crippen molar-refractivity contribution in [2.75, 3.05) is 0 Å². The van der Waals surface area contributed by atoms with Crippen LogP contribution in [0.5, 0.6) is 0 Å². The number of hydrogen-bond acceptors (Lipinski definition) is 2. The number of halogens is 1. The predicted molar refractivity (Wildman–Crippen MR) is 62.1 cm³/mol. The van der Waals surface area contributed by atoms with Gasteiger partial charge >= 0.3 is 5.69 Å². The number of hydrogen-bond donors (Lipinski definition) is 2. The summed E-state index contributed by atoms with van der Waals surface area (Å²) in [5, 5.41) is 7.37. The van der Waals surface area contributed by atoms with Gasteiger partial charge in [0.25, 0.3) is 0 Å². The molecule has 1 heterocycles. The Morgan fingerprint density at radius 2 is 1.82 bits per heavy atom. The largest absolute Gasteiger partial charge is 0.340 e. The number of nitrogens with zero attached hydrogens (tertiary/aromatic N) is 1. The van der Waals surface area contributed by atoms with Gasteiger partial charge in [-0.3, -0.25) is 4.98 Å². The molecule has 0 aliphatic rings. The van der Waals surface area contributed by atoms with E-state index in [1.165, 1.54) is 6.07 Å². The molecule has 0 saturated heterocycles. The van der Waals surface area contributed by atoms with Crippen molar-refractivity contribution in [1.82, 2.24) is 15.2 Å². The van der Waals surface area contributed by atoms with Gasteiger partial charge in [-0.1, -0.05) is 24.3 Å². The first kappa shape index (κ1) is 9.77. The first-order chi connectivity index (χ1) is 8.25. The minimum Gasteiger partial charge on any atom is -0.289 e. The Morgan fingerprint density at radius 3 is 2.53 bits per heavy atom. The number of fused-ring (bicyclic) bond motifs is 1. The van der Waals surface area contributed by atoms with Crippen LogP contribution in [0, 0.1) is 5.82 Å². The minimum atomic E-state index is -0.381. The van der Waals surface area contributed by atoms with Crippen LogP contribution >= 0.6 is 0 Å². The molecule has 0 aliphatic heterocycles. The lowest BCUT2D eigenvalue weighted by Crippen LogP contribution is -2.00. The second kappa shape index (κ2) is 3.55. The highest BCUT2D eigenvalue weighted by molar-refractivity contribution is 5.95. The molecule has 2 aromatic carbocycles. The van der Waals surface area contributed by atoms with Gasteiger partial charge in [-0.05, 0) is 17.5 Å². The summed E-state index contributed by atoms with van der Waals surface area (Å²) in [4.78, 5) is 13.6. The van der Waals surface area contributed by atoms with Crippen LogP contribution in [-0.4, -0.2) is 15.2 Å². The van der Waals surface area contributed by atoms with Crippen molar-refractivity contribution in [3.8, 4) is 11.4 Å². The lowest BCUT2D eigenvalue weighted by atomic mass is 10.0. The van der Waals surface area contributed by atoms with Gasteiger partial charge in [0.05, 0.1) is 0 Å². The Balaban J connectivity index is 2.38. The van der Waals surface area contributed by atoms with E-state index < -0.39 is 0 Å². The average Bonchev–Trinajstić information content (AvgIpc) is 2.77. The van der Waals surface area contributed by atoms with Crippen LogP contribution in [0.3, 0.4) is 0 Å². The summed E-state index contributed by atoms with van der Waals surface area (Å²) in [6.07, 6.45) is 0. The van der Waals surface area contributed by atoms with Crippen molar-refractivity contribution in [2.45, 2.75) is 0 Å². The number of H-pyrrole nitrogens is 2. The Kier molecular flexibility index (Phi) is 2.04. The van der Waals surface area contributed by atoms with Gasteiger partial charge in [-0.2, -0.15) is 5.10 Å². The van der Waals surface area contributed by atoms with Gasteiger partial charge in [0, 0.05) is 10.9 Å². The van der Waals surface area contributed by atoms with Gasteiger partial charge in [0.2, 0.25) is 0 Å². The first-order valence-electron chi connectivity index (χ1n) is 5.08. The van der Waals surface area contributed by atoms with E-state index >= 15 is 0 Å². The lowest BCUT2D eigenvalue weighted by Gasteiger charge is -2.04. The summed E-state index contributed by atoms with van der Waals surface area (Å²) in [6, 6.07) is 10.0. The zero-order valence-corrected chi connectivity index (χ0v) is 8.70. The monoisotopic (exact) mass is 229 g/mol. The van der Waals surface area contributed by atoms with Crippen molar-refractivity contribution in [1.29, 1.82) is 0 Å². The van der Waals surface area contributed by atoms with E-state index in [0.717, 1.165) is 5.39 Å². The van der Waals surface area contributed by atoms with Gasteiger partial charge in [-0.15, -0.1) is 0 Å². The van der Waals surface area contributed by atoms with E-state index in [-0.39, 0.29) is 11.5 Å². The van der Waals surface area contributed by atoms with Gasteiger partial charge in [0.1, 0.15) is 5.82 Å². The lowest BCUT2D eigenvalue weighted by molar-refractivity contribution is 0.640. The van der Waals surface area contributed by atoms with Crippen molar-refractivity contribution < 1.29 is 4.39 Å². The van der Waals surface area contributed by atoms with E-state index in [1.807, 2.05) is 6.07 Å². The van der Waals surface area contributed by atoms with Crippen LogP contribution in [0.4, 0.5) is 4.39 Å². The van der Waals surface area contributed by atoms with Crippen LogP contribution in [-0.2, 0) is 0 Å². The summed E-state index contributed by atoms with van der Waals surface area (Å²) >= 11 is 0. The highest BCUT2D eigenvalue weighted by Gasteiger charge is 2.09. The summed E-state index contributed by atoms with van der Waals surface area (Å²) in [7, 11) is 0. The molecular weight excluding hydrogens is 221 g/mol. The molecule has 1 aromatic heterocycles. The van der Waals surface area contributed by atoms with Crippen molar-refractivity contribution in [3.05, 3.63) is 52.7 Å². The van der Waals surface area contributed by atoms with Crippen LogP contribution in [0.1, 0.15) is 0 Å². The molecule has 0 atom stereocenters. The minimum absolute atomic E-state index is 0.290. The zero-order chi connectivity index (χ0) is 11.8. The average molecular weight is 229 g/mol. The Hall–Kier alpha value is -2.43. The molecule has 0 fully saturated rings. The Labute approximate surface area is 95.1 Å². The number of nitrogens with one attached hydrogen (secondary N) is 2. The molecule has 5 heteroatoms. The zero-order valence-electron chi connectivity index (χ0n) is 8.70. The van der Waals surface area contributed by atoms with Gasteiger partial charge < -0.3 is 0 Å². The third-order valence-corrected chi connectivity index (χ3v) is 2.63. The maximum Gasteiger partial charge on any atom is 0.340 e. The standard InChI is InChI=1S/C12H8FN3O/c13-10-6-5-9(11-14-12(17)16-15-11)7-3-1-2-4-8(7)10/h1-6H,(H2,14,15,16,17). The molecule has 4 nitrogen and oxygen atoms in total. The maximum absolute atomic E-state index is 13.6. The second-order valence-electron chi connectivity index (χ2n) is 3.67. The van der Waals surface area contributed by atoms with Crippen molar-refractivity contribution in [2.24, 2.45) is 0 Å². The van der Waals surface area contributed by atoms with Gasteiger partial charge in [0.15, 0.2) is 5.82 Å². The van der Waals surface area contributed by atoms with Crippen LogP contribution in [0.15, 0.2) is 41.2 Å².